The summed E-state index contributed by atoms with van der Waals surface area (Å²) >= 11 is 0. The number of hydrogen-bond acceptors (Lipinski definition) is 4. The summed E-state index contributed by atoms with van der Waals surface area (Å²) in [6.45, 7) is -1.43. The molecule has 1 rings (SSSR count). The van der Waals surface area contributed by atoms with E-state index in [1.54, 1.807) is 0 Å². The summed E-state index contributed by atoms with van der Waals surface area (Å²) < 4.78 is 39.2. The molecule has 0 amide bonds. The third-order valence-corrected chi connectivity index (χ3v) is 1.17. The van der Waals surface area contributed by atoms with Gasteiger partial charge in [0, 0.05) is 6.07 Å². The minimum Gasteiger partial charge on any atom is -0.467 e. The molecule has 0 aliphatic heterocycles. The van der Waals surface area contributed by atoms with E-state index in [1.807, 2.05) is 0 Å². The summed E-state index contributed by atoms with van der Waals surface area (Å²) in [5.41, 5.74) is 0.0318. The zero-order chi connectivity index (χ0) is 10.6. The molecule has 1 aromatic rings. The summed E-state index contributed by atoms with van der Waals surface area (Å²) in [5, 5.41) is 6.54. The van der Waals surface area contributed by atoms with Crippen molar-refractivity contribution >= 4 is 6.29 Å². The predicted octanol–water partition coefficient (Wildman–Crippen LogP) is 1.23. The molecule has 0 N–H and O–H groups in total. The van der Waals surface area contributed by atoms with E-state index in [1.165, 1.54) is 6.07 Å². The number of rotatable bonds is 3. The van der Waals surface area contributed by atoms with Crippen molar-refractivity contribution in [2.45, 2.75) is 6.18 Å². The van der Waals surface area contributed by atoms with Crippen LogP contribution < -0.4 is 4.74 Å². The fourth-order valence-corrected chi connectivity index (χ4v) is 0.626. The Morgan fingerprint density at radius 1 is 1.36 bits per heavy atom. The summed E-state index contributed by atoms with van der Waals surface area (Å²) in [6.07, 6.45) is -3.98. The lowest BCUT2D eigenvalue weighted by molar-refractivity contribution is -0.154. The number of carbonyl (C=O) groups is 1. The monoisotopic (exact) mass is 206 g/mol. The number of aromatic nitrogens is 2. The average Bonchev–Trinajstić information content (AvgIpc) is 2.14. The summed E-state index contributed by atoms with van der Waals surface area (Å²) in [5.74, 6) is -0.270. The molecule has 0 spiro atoms. The molecule has 0 saturated carbocycles. The third kappa shape index (κ3) is 3.38. The number of carbonyl (C=O) groups excluding carboxylic acids is 1. The van der Waals surface area contributed by atoms with Crippen LogP contribution in [0.4, 0.5) is 13.2 Å². The second-order valence-corrected chi connectivity index (χ2v) is 2.32. The van der Waals surface area contributed by atoms with E-state index in [-0.39, 0.29) is 11.6 Å². The first-order chi connectivity index (χ1) is 6.51. The van der Waals surface area contributed by atoms with Crippen molar-refractivity contribution in [3.05, 3.63) is 17.8 Å². The van der Waals surface area contributed by atoms with Crippen molar-refractivity contribution in [1.29, 1.82) is 0 Å². The van der Waals surface area contributed by atoms with Gasteiger partial charge in [0.15, 0.2) is 12.9 Å². The average molecular weight is 206 g/mol. The van der Waals surface area contributed by atoms with Gasteiger partial charge in [0.05, 0.1) is 0 Å². The highest BCUT2D eigenvalue weighted by Crippen LogP contribution is 2.16. The zero-order valence-electron chi connectivity index (χ0n) is 6.78. The summed E-state index contributed by atoms with van der Waals surface area (Å²) in [7, 11) is 0. The van der Waals surface area contributed by atoms with E-state index in [2.05, 4.69) is 14.9 Å². The molecule has 0 bridgehead atoms. The Morgan fingerprint density at radius 3 is 2.50 bits per heavy atom. The van der Waals surface area contributed by atoms with E-state index < -0.39 is 12.8 Å². The van der Waals surface area contributed by atoms with Crippen LogP contribution in [0.25, 0.3) is 0 Å². The molecule has 4 nitrogen and oxygen atoms in total. The highest BCUT2D eigenvalue weighted by atomic mass is 19.4. The van der Waals surface area contributed by atoms with Gasteiger partial charge in [-0.3, -0.25) is 4.79 Å². The van der Waals surface area contributed by atoms with Gasteiger partial charge in [-0.2, -0.15) is 13.2 Å². The minimum atomic E-state index is -4.41. The first-order valence-corrected chi connectivity index (χ1v) is 3.50. The van der Waals surface area contributed by atoms with E-state index in [4.69, 9.17) is 0 Å². The van der Waals surface area contributed by atoms with Crippen LogP contribution in [0.15, 0.2) is 12.1 Å². The number of hydrogen-bond donors (Lipinski definition) is 0. The van der Waals surface area contributed by atoms with Gasteiger partial charge in [0.2, 0.25) is 5.88 Å². The fourth-order valence-electron chi connectivity index (χ4n) is 0.626. The van der Waals surface area contributed by atoms with E-state index in [0.717, 1.165) is 6.07 Å². The Hall–Kier alpha value is -1.66. The maximum Gasteiger partial charge on any atom is 0.422 e. The molecule has 0 aromatic carbocycles. The number of aldehydes is 1. The van der Waals surface area contributed by atoms with Crippen LogP contribution in [-0.4, -0.2) is 29.3 Å². The second-order valence-electron chi connectivity index (χ2n) is 2.32. The van der Waals surface area contributed by atoms with Crippen molar-refractivity contribution in [1.82, 2.24) is 10.2 Å². The van der Waals surface area contributed by atoms with Crippen molar-refractivity contribution in [2.75, 3.05) is 6.61 Å². The van der Waals surface area contributed by atoms with Crippen molar-refractivity contribution in [3.63, 3.8) is 0 Å². The predicted molar refractivity (Wildman–Crippen MR) is 39.0 cm³/mol. The number of alkyl halides is 3. The Labute approximate surface area is 76.7 Å². The quantitative estimate of drug-likeness (QED) is 0.698. The van der Waals surface area contributed by atoms with E-state index >= 15 is 0 Å². The molecule has 14 heavy (non-hydrogen) atoms. The van der Waals surface area contributed by atoms with Gasteiger partial charge in [0.25, 0.3) is 0 Å². The highest BCUT2D eigenvalue weighted by molar-refractivity contribution is 5.71. The smallest absolute Gasteiger partial charge is 0.422 e. The zero-order valence-corrected chi connectivity index (χ0v) is 6.78. The molecule has 0 aliphatic carbocycles. The van der Waals surface area contributed by atoms with Crippen LogP contribution in [0.1, 0.15) is 10.5 Å². The van der Waals surface area contributed by atoms with Crippen LogP contribution in [0.5, 0.6) is 5.88 Å². The molecule has 0 atom stereocenters. The van der Waals surface area contributed by atoms with Gasteiger partial charge in [-0.25, -0.2) is 0 Å². The number of nitrogens with zero attached hydrogens (tertiary/aromatic N) is 2. The SMILES string of the molecule is O=Cc1ccc(OCC(F)(F)F)nn1. The van der Waals surface area contributed by atoms with E-state index in [0.29, 0.717) is 6.29 Å². The molecular formula is C7H5F3N2O2. The van der Waals surface area contributed by atoms with Crippen LogP contribution in [0.3, 0.4) is 0 Å². The van der Waals surface area contributed by atoms with Gasteiger partial charge in [-0.1, -0.05) is 0 Å². The van der Waals surface area contributed by atoms with Gasteiger partial charge < -0.3 is 4.74 Å². The first kappa shape index (κ1) is 10.4. The highest BCUT2D eigenvalue weighted by Gasteiger charge is 2.28. The molecule has 1 heterocycles. The molecule has 0 saturated heterocycles. The minimum absolute atomic E-state index is 0.0318. The van der Waals surface area contributed by atoms with E-state index in [9.17, 15) is 18.0 Å². The number of halogens is 3. The maximum atomic E-state index is 11.7. The lowest BCUT2D eigenvalue weighted by atomic mass is 10.4. The molecule has 0 radical (unpaired) electrons. The summed E-state index contributed by atoms with van der Waals surface area (Å²) in [4.78, 5) is 10.1. The third-order valence-electron chi connectivity index (χ3n) is 1.17. The van der Waals surface area contributed by atoms with Crippen LogP contribution in [0, 0.1) is 0 Å². The molecule has 7 heteroatoms. The Balaban J connectivity index is 2.56. The second kappa shape index (κ2) is 4.03. The standard InChI is InChI=1S/C7H5F3N2O2/c8-7(9,10)4-14-6-2-1-5(3-13)11-12-6/h1-3H,4H2. The molecule has 0 aliphatic rings. The Kier molecular flexibility index (Phi) is 3.00. The van der Waals surface area contributed by atoms with Gasteiger partial charge >= 0.3 is 6.18 Å². The Bertz CT molecular complexity index is 310. The van der Waals surface area contributed by atoms with Crippen LogP contribution in [-0.2, 0) is 0 Å². The van der Waals surface area contributed by atoms with Crippen LogP contribution in [0.2, 0.25) is 0 Å². The van der Waals surface area contributed by atoms with Gasteiger partial charge in [-0.05, 0) is 6.07 Å². The molecule has 1 aromatic heterocycles. The fraction of sp³-hybridized carbons (Fsp3) is 0.286. The molecule has 0 unspecified atom stereocenters. The molecule has 0 fully saturated rings. The normalized spacial score (nSPS) is 11.1. The topological polar surface area (TPSA) is 52.1 Å². The molecule has 76 valence electrons. The Morgan fingerprint density at radius 2 is 2.07 bits per heavy atom. The lowest BCUT2D eigenvalue weighted by Crippen LogP contribution is -2.19. The van der Waals surface area contributed by atoms with Crippen molar-refractivity contribution in [3.8, 4) is 5.88 Å². The summed E-state index contributed by atoms with van der Waals surface area (Å²) in [6, 6.07) is 2.36. The number of ether oxygens (including phenoxy) is 1. The first-order valence-electron chi connectivity index (χ1n) is 3.50. The maximum absolute atomic E-state index is 11.7. The largest absolute Gasteiger partial charge is 0.467 e. The molecular weight excluding hydrogens is 201 g/mol. The van der Waals surface area contributed by atoms with Gasteiger partial charge in [0.1, 0.15) is 5.69 Å². The van der Waals surface area contributed by atoms with Crippen molar-refractivity contribution < 1.29 is 22.7 Å². The lowest BCUT2D eigenvalue weighted by Gasteiger charge is -2.06. The van der Waals surface area contributed by atoms with Crippen LogP contribution >= 0.6 is 0 Å². The van der Waals surface area contributed by atoms with Gasteiger partial charge in [-0.15, -0.1) is 10.2 Å². The van der Waals surface area contributed by atoms with Crippen molar-refractivity contribution in [2.24, 2.45) is 0 Å².